The molecule has 62 heavy (non-hydrogen) atoms. The van der Waals surface area contributed by atoms with Gasteiger partial charge in [-0.3, -0.25) is 9.35 Å². The van der Waals surface area contributed by atoms with E-state index in [-0.39, 0.29) is 19.6 Å². The zero-order valence-corrected chi connectivity index (χ0v) is 39.0. The average Bonchev–Trinajstić information content (AvgIpc) is 3.24. The summed E-state index contributed by atoms with van der Waals surface area (Å²) in [5, 5.41) is 30.7. The Kier molecular flexibility index (Phi) is 37.2. The molecule has 1 rings (SSSR count). The van der Waals surface area contributed by atoms with Crippen LogP contribution in [0, 0.1) is 0 Å². The molecule has 6 atom stereocenters. The summed E-state index contributed by atoms with van der Waals surface area (Å²) in [5.41, 5.74) is 0. The molecule has 0 aromatic rings. The SMILES string of the molecule is CC/C=C\C/C=C\C/C=C\CCCCCC(=O)OC(COCCCCCCCCC/C=C\C/C=C\C/C=C\CCCCCCC)COC1OC(CO)C(O)C(OS(=O)(=O)O)C1O. The van der Waals surface area contributed by atoms with Crippen molar-refractivity contribution in [2.45, 2.75) is 205 Å². The van der Waals surface area contributed by atoms with Gasteiger partial charge in [0.1, 0.15) is 30.5 Å². The lowest BCUT2D eigenvalue weighted by atomic mass is 9.99. The van der Waals surface area contributed by atoms with Crippen molar-refractivity contribution >= 4 is 16.4 Å². The maximum atomic E-state index is 12.8. The zero-order chi connectivity index (χ0) is 45.4. The monoisotopic (exact) mass is 897 g/mol. The molecule has 1 aliphatic rings. The maximum absolute atomic E-state index is 12.8. The average molecular weight is 897 g/mol. The topological polar surface area (TPSA) is 178 Å². The first-order valence-corrected chi connectivity index (χ1v) is 25.1. The van der Waals surface area contributed by atoms with E-state index in [1.807, 2.05) is 0 Å². The van der Waals surface area contributed by atoms with Gasteiger partial charge in [0.25, 0.3) is 0 Å². The van der Waals surface area contributed by atoms with Gasteiger partial charge in [0.05, 0.1) is 19.8 Å². The first-order chi connectivity index (χ1) is 30.1. The number of hydrogen-bond acceptors (Lipinski definition) is 11. The van der Waals surface area contributed by atoms with Crippen molar-refractivity contribution in [3.63, 3.8) is 0 Å². The van der Waals surface area contributed by atoms with Crippen molar-refractivity contribution in [3.8, 4) is 0 Å². The van der Waals surface area contributed by atoms with Crippen molar-refractivity contribution in [2.75, 3.05) is 26.4 Å². The highest BCUT2D eigenvalue weighted by Crippen LogP contribution is 2.26. The summed E-state index contributed by atoms with van der Waals surface area (Å²) < 4.78 is 59.0. The predicted octanol–water partition coefficient (Wildman–Crippen LogP) is 10.3. The van der Waals surface area contributed by atoms with Crippen LogP contribution in [0.3, 0.4) is 0 Å². The minimum absolute atomic E-state index is 0.0132. The number of aliphatic hydroxyl groups is 3. The second-order valence-corrected chi connectivity index (χ2v) is 17.0. The normalized spacial score (nSPS) is 20.6. The molecule has 1 saturated heterocycles. The molecule has 0 aromatic heterocycles. The Hall–Kier alpha value is -2.46. The van der Waals surface area contributed by atoms with Gasteiger partial charge in [0.2, 0.25) is 0 Å². The van der Waals surface area contributed by atoms with Gasteiger partial charge in [-0.25, -0.2) is 4.18 Å². The third-order valence-electron chi connectivity index (χ3n) is 10.3. The molecule has 1 heterocycles. The summed E-state index contributed by atoms with van der Waals surface area (Å²) in [6, 6.07) is 0. The predicted molar refractivity (Wildman–Crippen MR) is 248 cm³/mol. The molecular weight excluding hydrogens is 813 g/mol. The fourth-order valence-corrected chi connectivity index (χ4v) is 7.26. The molecule has 12 nitrogen and oxygen atoms in total. The lowest BCUT2D eigenvalue weighted by molar-refractivity contribution is -0.301. The summed E-state index contributed by atoms with van der Waals surface area (Å²) in [7, 11) is -5.07. The third-order valence-corrected chi connectivity index (χ3v) is 10.8. The molecule has 0 aromatic carbocycles. The smallest absolute Gasteiger partial charge is 0.397 e. The molecule has 0 bridgehead atoms. The standard InChI is InChI=1S/C49H84O12S/c1-3-5-7-9-11-13-15-17-18-19-20-21-22-23-24-25-27-29-31-33-35-37-39-57-41-43(42-58-49-47(53)48(61-62(54,55)56)46(52)44(40-50)60-49)59-45(51)38-36-34-32-30-28-26-16-14-12-10-8-6-4-2/h6,8,12,14-15,17,19-20,22-23,26,28,43-44,46-50,52-53H,3-5,7,9-11,13,16,18,21,24-25,27,29-42H2,1-2H3,(H,54,55,56)/b8-6-,14-12-,17-15-,20-19-,23-22-,28-26-. The van der Waals surface area contributed by atoms with Gasteiger partial charge in [-0.15, -0.1) is 0 Å². The molecule has 0 amide bonds. The van der Waals surface area contributed by atoms with Gasteiger partial charge in [-0.1, -0.05) is 151 Å². The van der Waals surface area contributed by atoms with Gasteiger partial charge >= 0.3 is 16.4 Å². The molecule has 0 spiro atoms. The third kappa shape index (κ3) is 33.1. The molecule has 0 aliphatic carbocycles. The summed E-state index contributed by atoms with van der Waals surface area (Å²) in [6.45, 7) is 3.79. The Morgan fingerprint density at radius 1 is 0.629 bits per heavy atom. The Morgan fingerprint density at radius 3 is 1.63 bits per heavy atom. The number of aliphatic hydroxyl groups excluding tert-OH is 3. The molecule has 358 valence electrons. The minimum Gasteiger partial charge on any atom is -0.457 e. The number of rotatable bonds is 40. The van der Waals surface area contributed by atoms with Crippen LogP contribution in [0.25, 0.3) is 0 Å². The van der Waals surface area contributed by atoms with Crippen LogP contribution in [0.5, 0.6) is 0 Å². The van der Waals surface area contributed by atoms with E-state index in [0.717, 1.165) is 83.5 Å². The molecule has 13 heteroatoms. The molecule has 0 radical (unpaired) electrons. The van der Waals surface area contributed by atoms with E-state index in [1.165, 1.54) is 57.8 Å². The van der Waals surface area contributed by atoms with Gasteiger partial charge < -0.3 is 34.3 Å². The number of esters is 1. The largest absolute Gasteiger partial charge is 0.457 e. The number of carbonyl (C=O) groups is 1. The number of unbranched alkanes of at least 4 members (excludes halogenated alkanes) is 15. The molecule has 0 saturated carbocycles. The van der Waals surface area contributed by atoms with E-state index in [2.05, 4.69) is 90.9 Å². The summed E-state index contributed by atoms with van der Waals surface area (Å²) in [4.78, 5) is 12.8. The van der Waals surface area contributed by atoms with Crippen LogP contribution in [-0.4, -0.2) is 97.5 Å². The first-order valence-electron chi connectivity index (χ1n) is 23.7. The summed E-state index contributed by atoms with van der Waals surface area (Å²) in [6.07, 6.45) is 42.3. The number of hydrogen-bond donors (Lipinski definition) is 4. The van der Waals surface area contributed by atoms with E-state index in [9.17, 15) is 28.5 Å². The van der Waals surface area contributed by atoms with Crippen molar-refractivity contribution in [3.05, 3.63) is 72.9 Å². The number of allylic oxidation sites excluding steroid dienone is 12. The second-order valence-electron chi connectivity index (χ2n) is 16.0. The van der Waals surface area contributed by atoms with Crippen molar-refractivity contribution in [1.82, 2.24) is 0 Å². The van der Waals surface area contributed by atoms with E-state index in [4.69, 9.17) is 23.5 Å². The summed E-state index contributed by atoms with van der Waals surface area (Å²) >= 11 is 0. The van der Waals surface area contributed by atoms with Crippen LogP contribution in [-0.2, 0) is 38.3 Å². The highest BCUT2D eigenvalue weighted by Gasteiger charge is 2.48. The Morgan fingerprint density at radius 2 is 1.11 bits per heavy atom. The Bertz CT molecular complexity index is 1360. The van der Waals surface area contributed by atoms with Crippen molar-refractivity contribution in [2.24, 2.45) is 0 Å². The second kappa shape index (κ2) is 40.1. The zero-order valence-electron chi connectivity index (χ0n) is 38.2. The minimum atomic E-state index is -5.07. The molecule has 1 aliphatic heterocycles. The van der Waals surface area contributed by atoms with Crippen LogP contribution < -0.4 is 0 Å². The fraction of sp³-hybridized carbons (Fsp3) is 0.735. The molecule has 6 unspecified atom stereocenters. The van der Waals surface area contributed by atoms with Crippen LogP contribution in [0.2, 0.25) is 0 Å². The highest BCUT2D eigenvalue weighted by molar-refractivity contribution is 7.80. The van der Waals surface area contributed by atoms with Crippen LogP contribution >= 0.6 is 0 Å². The quantitative estimate of drug-likeness (QED) is 0.0198. The van der Waals surface area contributed by atoms with Crippen molar-refractivity contribution in [1.29, 1.82) is 0 Å². The van der Waals surface area contributed by atoms with Crippen LogP contribution in [0.1, 0.15) is 168 Å². The Balaban J connectivity index is 2.40. The first kappa shape index (κ1) is 57.6. The molecule has 4 N–H and O–H groups in total. The van der Waals surface area contributed by atoms with E-state index >= 15 is 0 Å². The number of ether oxygens (including phenoxy) is 4. The lowest BCUT2D eigenvalue weighted by Crippen LogP contribution is -2.60. The lowest BCUT2D eigenvalue weighted by Gasteiger charge is -2.41. The van der Waals surface area contributed by atoms with Gasteiger partial charge in [-0.05, 0) is 83.5 Å². The number of carbonyl (C=O) groups excluding carboxylic acids is 1. The fourth-order valence-electron chi connectivity index (χ4n) is 6.75. The highest BCUT2D eigenvalue weighted by atomic mass is 32.3. The van der Waals surface area contributed by atoms with Gasteiger partial charge in [0.15, 0.2) is 6.29 Å². The molecule has 1 fully saturated rings. The summed E-state index contributed by atoms with van der Waals surface area (Å²) in [5.74, 6) is -0.435. The maximum Gasteiger partial charge on any atom is 0.397 e. The van der Waals surface area contributed by atoms with E-state index in [0.29, 0.717) is 13.0 Å². The van der Waals surface area contributed by atoms with Gasteiger partial charge in [-0.2, -0.15) is 8.42 Å². The van der Waals surface area contributed by atoms with Crippen LogP contribution in [0.4, 0.5) is 0 Å². The Labute approximate surface area is 375 Å². The van der Waals surface area contributed by atoms with Crippen LogP contribution in [0.15, 0.2) is 72.9 Å². The van der Waals surface area contributed by atoms with E-state index < -0.39 is 59.8 Å². The molecular formula is C49H84O12S. The van der Waals surface area contributed by atoms with Crippen molar-refractivity contribution < 1.29 is 56.2 Å². The van der Waals surface area contributed by atoms with E-state index in [1.54, 1.807) is 0 Å². The van der Waals surface area contributed by atoms with Gasteiger partial charge in [0, 0.05) is 13.0 Å².